The first kappa shape index (κ1) is 23.8. The molecule has 0 atom stereocenters. The number of hydrogen-bond donors (Lipinski definition) is 2. The molecule has 0 aliphatic carbocycles. The number of anilines is 2. The summed E-state index contributed by atoms with van der Waals surface area (Å²) in [6.07, 6.45) is -4.80. The number of carbonyl (C=O) groups is 3. The lowest BCUT2D eigenvalue weighted by molar-refractivity contribution is -0.274. The van der Waals surface area contributed by atoms with Gasteiger partial charge in [-0.15, -0.1) is 24.5 Å². The van der Waals surface area contributed by atoms with Gasteiger partial charge >= 0.3 is 6.36 Å². The first-order chi connectivity index (χ1) is 15.6. The number of alkyl halides is 3. The maximum atomic E-state index is 12.6. The Morgan fingerprint density at radius 1 is 0.939 bits per heavy atom. The molecule has 172 valence electrons. The fourth-order valence-corrected chi connectivity index (χ4v) is 3.36. The average Bonchev–Trinajstić information content (AvgIpc) is 3.29. The predicted molar refractivity (Wildman–Crippen MR) is 117 cm³/mol. The number of nitrogens with one attached hydrogen (secondary N) is 2. The molecule has 2 N–H and O–H groups in total. The van der Waals surface area contributed by atoms with Gasteiger partial charge in [0, 0.05) is 24.0 Å². The van der Waals surface area contributed by atoms with Crippen LogP contribution in [0.2, 0.25) is 0 Å². The van der Waals surface area contributed by atoms with Crippen molar-refractivity contribution < 1.29 is 32.3 Å². The van der Waals surface area contributed by atoms with E-state index in [0.29, 0.717) is 16.1 Å². The van der Waals surface area contributed by atoms with Gasteiger partial charge in [0.25, 0.3) is 11.8 Å². The summed E-state index contributed by atoms with van der Waals surface area (Å²) in [5.41, 5.74) is 1.08. The maximum Gasteiger partial charge on any atom is 0.573 e. The van der Waals surface area contributed by atoms with Crippen LogP contribution in [0.4, 0.5) is 24.5 Å². The monoisotopic (exact) mass is 477 g/mol. The van der Waals surface area contributed by atoms with E-state index in [9.17, 15) is 27.6 Å². The highest BCUT2D eigenvalue weighted by Crippen LogP contribution is 2.24. The van der Waals surface area contributed by atoms with Crippen LogP contribution in [0, 0.1) is 0 Å². The van der Waals surface area contributed by atoms with Gasteiger partial charge in [-0.1, -0.05) is 6.07 Å². The Morgan fingerprint density at radius 3 is 2.12 bits per heavy atom. The average molecular weight is 477 g/mol. The molecule has 0 aliphatic heterocycles. The van der Waals surface area contributed by atoms with Gasteiger partial charge in [-0.3, -0.25) is 14.4 Å². The number of likely N-dealkylation sites (N-methyl/N-ethyl adjacent to an activating group) is 1. The van der Waals surface area contributed by atoms with Crippen LogP contribution >= 0.6 is 11.3 Å². The van der Waals surface area contributed by atoms with E-state index in [-0.39, 0.29) is 18.1 Å². The number of benzene rings is 2. The molecule has 2 aromatic carbocycles. The van der Waals surface area contributed by atoms with Crippen LogP contribution in [-0.2, 0) is 4.79 Å². The highest BCUT2D eigenvalue weighted by molar-refractivity contribution is 7.12. The van der Waals surface area contributed by atoms with E-state index in [2.05, 4.69) is 15.4 Å². The molecule has 3 rings (SSSR count). The maximum absolute atomic E-state index is 12.6. The summed E-state index contributed by atoms with van der Waals surface area (Å²) < 4.78 is 40.4. The summed E-state index contributed by atoms with van der Waals surface area (Å²) in [5, 5.41) is 7.02. The molecule has 0 bridgehead atoms. The van der Waals surface area contributed by atoms with Gasteiger partial charge in [-0.05, 0) is 60.0 Å². The van der Waals surface area contributed by atoms with Crippen LogP contribution in [0.25, 0.3) is 0 Å². The molecular formula is C22H18F3N3O4S. The fraction of sp³-hybridized carbons (Fsp3) is 0.136. The van der Waals surface area contributed by atoms with E-state index in [1.807, 2.05) is 0 Å². The fourth-order valence-electron chi connectivity index (χ4n) is 2.74. The summed E-state index contributed by atoms with van der Waals surface area (Å²) in [4.78, 5) is 38.6. The van der Waals surface area contributed by atoms with Gasteiger partial charge in [-0.25, -0.2) is 0 Å². The molecule has 0 saturated carbocycles. The van der Waals surface area contributed by atoms with Crippen LogP contribution in [-0.4, -0.2) is 42.6 Å². The molecule has 0 fully saturated rings. The molecule has 33 heavy (non-hydrogen) atoms. The zero-order valence-electron chi connectivity index (χ0n) is 17.2. The van der Waals surface area contributed by atoms with Crippen LogP contribution in [0.1, 0.15) is 20.0 Å². The van der Waals surface area contributed by atoms with Gasteiger partial charge in [0.05, 0.1) is 11.4 Å². The van der Waals surface area contributed by atoms with Crippen molar-refractivity contribution in [2.75, 3.05) is 24.2 Å². The molecule has 1 heterocycles. The van der Waals surface area contributed by atoms with Crippen molar-refractivity contribution in [1.29, 1.82) is 0 Å². The van der Waals surface area contributed by atoms with Crippen molar-refractivity contribution in [2.45, 2.75) is 6.36 Å². The third-order valence-electron chi connectivity index (χ3n) is 4.23. The Labute approximate surface area is 190 Å². The lowest BCUT2D eigenvalue weighted by atomic mass is 10.2. The van der Waals surface area contributed by atoms with Crippen LogP contribution < -0.4 is 15.4 Å². The minimum absolute atomic E-state index is 0.251. The van der Waals surface area contributed by atoms with Crippen molar-refractivity contribution in [3.8, 4) is 5.75 Å². The number of amides is 3. The minimum atomic E-state index is -4.80. The highest BCUT2D eigenvalue weighted by Gasteiger charge is 2.31. The summed E-state index contributed by atoms with van der Waals surface area (Å²) in [5.74, 6) is -1.62. The molecule has 0 unspecified atom stereocenters. The molecular weight excluding hydrogens is 459 g/mol. The standard InChI is InChI=1S/C22H18F3N3O4S/c1-28(13-19(29)26-15-8-10-17(11-9-15)32-22(23,24)25)21(31)14-4-6-16(7-5-14)27-20(30)18-3-2-12-33-18/h2-12H,13H2,1H3,(H,26,29)(H,27,30). The lowest BCUT2D eigenvalue weighted by Gasteiger charge is -2.17. The number of rotatable bonds is 7. The van der Waals surface area contributed by atoms with Gasteiger partial charge in [0.2, 0.25) is 5.91 Å². The van der Waals surface area contributed by atoms with E-state index >= 15 is 0 Å². The second kappa shape index (κ2) is 10.2. The second-order valence-corrected chi connectivity index (χ2v) is 7.74. The molecule has 11 heteroatoms. The topological polar surface area (TPSA) is 87.7 Å². The van der Waals surface area contributed by atoms with Crippen molar-refractivity contribution >= 4 is 40.4 Å². The summed E-state index contributed by atoms with van der Waals surface area (Å²) >= 11 is 1.31. The Kier molecular flexibility index (Phi) is 7.34. The SMILES string of the molecule is CN(CC(=O)Nc1ccc(OC(F)(F)F)cc1)C(=O)c1ccc(NC(=O)c2cccs2)cc1. The van der Waals surface area contributed by atoms with E-state index in [4.69, 9.17) is 0 Å². The molecule has 0 spiro atoms. The van der Waals surface area contributed by atoms with E-state index in [1.165, 1.54) is 47.5 Å². The Bertz CT molecular complexity index is 1120. The third-order valence-corrected chi connectivity index (χ3v) is 5.10. The smallest absolute Gasteiger partial charge is 0.406 e. The van der Waals surface area contributed by atoms with Crippen molar-refractivity contribution in [1.82, 2.24) is 4.90 Å². The van der Waals surface area contributed by atoms with Crippen LogP contribution in [0.15, 0.2) is 66.0 Å². The van der Waals surface area contributed by atoms with Gasteiger partial charge in [-0.2, -0.15) is 0 Å². The molecule has 1 aromatic heterocycles. The number of ether oxygens (including phenoxy) is 1. The molecule has 0 saturated heterocycles. The molecule has 3 amide bonds. The molecule has 7 nitrogen and oxygen atoms in total. The number of hydrogen-bond acceptors (Lipinski definition) is 5. The highest BCUT2D eigenvalue weighted by atomic mass is 32.1. The van der Waals surface area contributed by atoms with E-state index < -0.39 is 23.9 Å². The first-order valence-corrected chi connectivity index (χ1v) is 10.3. The molecule has 3 aromatic rings. The third kappa shape index (κ3) is 7.07. The summed E-state index contributed by atoms with van der Waals surface area (Å²) in [6, 6.07) is 14.3. The Balaban J connectivity index is 1.52. The Hall–Kier alpha value is -3.86. The zero-order chi connectivity index (χ0) is 24.0. The molecule has 0 radical (unpaired) electrons. The second-order valence-electron chi connectivity index (χ2n) is 6.79. The largest absolute Gasteiger partial charge is 0.573 e. The van der Waals surface area contributed by atoms with Crippen molar-refractivity contribution in [3.63, 3.8) is 0 Å². The zero-order valence-corrected chi connectivity index (χ0v) is 18.0. The van der Waals surface area contributed by atoms with E-state index in [0.717, 1.165) is 12.1 Å². The number of halogens is 3. The number of nitrogens with zero attached hydrogens (tertiary/aromatic N) is 1. The van der Waals surface area contributed by atoms with E-state index in [1.54, 1.807) is 29.6 Å². The Morgan fingerprint density at radius 2 is 1.55 bits per heavy atom. The van der Waals surface area contributed by atoms with Gasteiger partial charge in [0.15, 0.2) is 0 Å². The first-order valence-electron chi connectivity index (χ1n) is 9.47. The van der Waals surface area contributed by atoms with Crippen LogP contribution in [0.3, 0.4) is 0 Å². The number of carbonyl (C=O) groups excluding carboxylic acids is 3. The summed E-state index contributed by atoms with van der Waals surface area (Å²) in [6.45, 7) is -0.281. The lowest BCUT2D eigenvalue weighted by Crippen LogP contribution is -2.34. The minimum Gasteiger partial charge on any atom is -0.406 e. The molecule has 0 aliphatic rings. The number of thiophene rings is 1. The predicted octanol–water partition coefficient (Wildman–Crippen LogP) is 4.61. The van der Waals surface area contributed by atoms with Crippen LogP contribution in [0.5, 0.6) is 5.75 Å². The summed E-state index contributed by atoms with van der Waals surface area (Å²) in [7, 11) is 1.44. The van der Waals surface area contributed by atoms with Gasteiger partial charge < -0.3 is 20.3 Å². The van der Waals surface area contributed by atoms with Crippen molar-refractivity contribution in [3.05, 3.63) is 76.5 Å². The normalized spacial score (nSPS) is 10.9. The van der Waals surface area contributed by atoms with Crippen molar-refractivity contribution in [2.24, 2.45) is 0 Å². The van der Waals surface area contributed by atoms with Gasteiger partial charge in [0.1, 0.15) is 5.75 Å². The quantitative estimate of drug-likeness (QED) is 0.520.